The van der Waals surface area contributed by atoms with Gasteiger partial charge in [-0.3, -0.25) is 18.9 Å². The maximum atomic E-state index is 14.3. The number of fused-ring (bicyclic) bond motifs is 1. The lowest BCUT2D eigenvalue weighted by molar-refractivity contribution is -0.145. The molecule has 2 atom stereocenters. The summed E-state index contributed by atoms with van der Waals surface area (Å²) >= 11 is 1.02. The Kier molecular flexibility index (Phi) is 8.09. The third kappa shape index (κ3) is 5.75. The quantitative estimate of drug-likeness (QED) is 0.386. The van der Waals surface area contributed by atoms with Gasteiger partial charge in [-0.1, -0.05) is 39.7 Å². The third-order valence-corrected chi connectivity index (χ3v) is 11.2. The third-order valence-electron chi connectivity index (χ3n) is 9.08. The van der Waals surface area contributed by atoms with Crippen molar-refractivity contribution in [1.82, 2.24) is 15.1 Å². The predicted octanol–water partition coefficient (Wildman–Crippen LogP) is 5.06. The Hall–Kier alpha value is -2.40. The van der Waals surface area contributed by atoms with Crippen LogP contribution in [-0.2, 0) is 19.8 Å². The van der Waals surface area contributed by atoms with Gasteiger partial charge < -0.3 is 24.9 Å². The van der Waals surface area contributed by atoms with Gasteiger partial charge in [0.05, 0.1) is 4.88 Å². The van der Waals surface area contributed by atoms with Gasteiger partial charge in [-0.25, -0.2) is 0 Å². The van der Waals surface area contributed by atoms with E-state index in [0.717, 1.165) is 49.3 Å². The molecule has 230 valence electrons. The molecule has 0 unspecified atom stereocenters. The molecular formula is C29H38F2N3O6PS. The van der Waals surface area contributed by atoms with E-state index in [2.05, 4.69) is 5.32 Å². The molecule has 1 aliphatic carbocycles. The first-order valence-electron chi connectivity index (χ1n) is 14.4. The predicted molar refractivity (Wildman–Crippen MR) is 155 cm³/mol. The van der Waals surface area contributed by atoms with Crippen LogP contribution in [0.25, 0.3) is 10.1 Å². The summed E-state index contributed by atoms with van der Waals surface area (Å²) in [6.45, 7) is 7.37. The minimum Gasteiger partial charge on any atom is -0.340 e. The Morgan fingerprint density at radius 2 is 1.76 bits per heavy atom. The average Bonchev–Trinajstić information content (AvgIpc) is 3.72. The van der Waals surface area contributed by atoms with E-state index in [4.69, 9.17) is 9.79 Å². The number of amides is 3. The Labute approximate surface area is 247 Å². The number of hydrogen-bond donors (Lipinski definition) is 3. The molecule has 0 radical (unpaired) electrons. The minimum absolute atomic E-state index is 0.0176. The zero-order valence-electron chi connectivity index (χ0n) is 24.1. The topological polar surface area (TPSA) is 127 Å². The van der Waals surface area contributed by atoms with E-state index < -0.39 is 42.2 Å². The molecule has 1 aromatic heterocycles. The van der Waals surface area contributed by atoms with Gasteiger partial charge in [0.15, 0.2) is 0 Å². The monoisotopic (exact) mass is 625 g/mol. The van der Waals surface area contributed by atoms with Gasteiger partial charge in [0, 0.05) is 29.9 Å². The first kappa shape index (κ1) is 31.0. The van der Waals surface area contributed by atoms with Crippen LogP contribution in [0.1, 0.15) is 81.0 Å². The fraction of sp³-hybridized carbons (Fsp3) is 0.621. The number of thiophene rings is 1. The van der Waals surface area contributed by atoms with E-state index in [1.54, 1.807) is 4.90 Å². The smallest absolute Gasteiger partial charge is 0.340 e. The number of carbonyl (C=O) groups is 3. The van der Waals surface area contributed by atoms with Crippen molar-refractivity contribution in [3.8, 4) is 0 Å². The molecule has 3 fully saturated rings. The van der Waals surface area contributed by atoms with Crippen LogP contribution in [0.4, 0.5) is 8.78 Å². The van der Waals surface area contributed by atoms with Crippen LogP contribution in [-0.4, -0.2) is 69.0 Å². The van der Waals surface area contributed by atoms with E-state index in [1.807, 2.05) is 25.7 Å². The molecule has 2 aliphatic heterocycles. The van der Waals surface area contributed by atoms with Gasteiger partial charge in [0.25, 0.3) is 5.91 Å². The highest BCUT2D eigenvalue weighted by Crippen LogP contribution is 2.59. The second-order valence-corrected chi connectivity index (χ2v) is 15.9. The van der Waals surface area contributed by atoms with Gasteiger partial charge in [0.2, 0.25) is 11.8 Å². The number of hydrogen-bond acceptors (Lipinski definition) is 5. The highest BCUT2D eigenvalue weighted by atomic mass is 32.1. The van der Waals surface area contributed by atoms with Crippen LogP contribution in [0, 0.1) is 10.8 Å². The number of carbonyl (C=O) groups excluding carboxylic acids is 3. The Bertz CT molecular complexity index is 1440. The van der Waals surface area contributed by atoms with Crippen LogP contribution in [0.3, 0.4) is 0 Å². The molecular weight excluding hydrogens is 587 g/mol. The lowest BCUT2D eigenvalue weighted by atomic mass is 9.85. The van der Waals surface area contributed by atoms with Crippen LogP contribution in [0.5, 0.6) is 0 Å². The Balaban J connectivity index is 1.33. The van der Waals surface area contributed by atoms with E-state index in [-0.39, 0.29) is 27.5 Å². The molecule has 3 amide bonds. The molecule has 5 rings (SSSR count). The van der Waals surface area contributed by atoms with Gasteiger partial charge in [-0.2, -0.15) is 8.78 Å². The molecule has 1 aromatic carbocycles. The Morgan fingerprint density at radius 1 is 1.07 bits per heavy atom. The van der Waals surface area contributed by atoms with Crippen LogP contribution < -0.4 is 5.32 Å². The lowest BCUT2D eigenvalue weighted by Gasteiger charge is -2.36. The van der Waals surface area contributed by atoms with E-state index in [1.165, 1.54) is 25.0 Å². The molecule has 2 saturated heterocycles. The zero-order chi connectivity index (χ0) is 30.7. The maximum absolute atomic E-state index is 14.3. The highest BCUT2D eigenvalue weighted by Gasteiger charge is 2.50. The van der Waals surface area contributed by atoms with Crippen molar-refractivity contribution in [2.24, 2.45) is 10.8 Å². The molecule has 13 heteroatoms. The second kappa shape index (κ2) is 10.9. The van der Waals surface area contributed by atoms with Gasteiger partial charge >= 0.3 is 13.3 Å². The van der Waals surface area contributed by atoms with Crippen molar-refractivity contribution >= 4 is 46.7 Å². The second-order valence-electron chi connectivity index (χ2n) is 13.1. The van der Waals surface area contributed by atoms with Crippen molar-refractivity contribution in [2.45, 2.75) is 83.5 Å². The summed E-state index contributed by atoms with van der Waals surface area (Å²) in [5.41, 5.74) is -5.69. The first-order chi connectivity index (χ1) is 19.5. The SMILES string of the molecule is CC(C)(C)[C@H](NC(=O)c1cc2cc(C(F)(F)P(=O)(O)O)ccc2s1)C(=O)N1CCC[C@H]1C(=O)N1CCC2(CCCC2)C1. The summed E-state index contributed by atoms with van der Waals surface area (Å²) in [4.78, 5) is 62.8. The van der Waals surface area contributed by atoms with Crippen molar-refractivity contribution in [3.63, 3.8) is 0 Å². The summed E-state index contributed by atoms with van der Waals surface area (Å²) in [7, 11) is -5.75. The molecule has 3 N–H and O–H groups in total. The van der Waals surface area contributed by atoms with Crippen molar-refractivity contribution < 1.29 is 37.5 Å². The van der Waals surface area contributed by atoms with E-state index >= 15 is 0 Å². The highest BCUT2D eigenvalue weighted by molar-refractivity contribution is 7.52. The number of alkyl halides is 2. The van der Waals surface area contributed by atoms with Gasteiger partial charge in [-0.05, 0) is 66.5 Å². The maximum Gasteiger partial charge on any atom is 0.399 e. The summed E-state index contributed by atoms with van der Waals surface area (Å²) < 4.78 is 40.3. The summed E-state index contributed by atoms with van der Waals surface area (Å²) in [5, 5.41) is 3.06. The zero-order valence-corrected chi connectivity index (χ0v) is 25.8. The number of nitrogens with zero attached hydrogens (tertiary/aromatic N) is 2. The van der Waals surface area contributed by atoms with Crippen molar-refractivity contribution in [3.05, 3.63) is 34.7 Å². The van der Waals surface area contributed by atoms with Gasteiger partial charge in [0.1, 0.15) is 12.1 Å². The molecule has 42 heavy (non-hydrogen) atoms. The first-order valence-corrected chi connectivity index (χ1v) is 16.8. The van der Waals surface area contributed by atoms with Gasteiger partial charge in [-0.15, -0.1) is 11.3 Å². The largest absolute Gasteiger partial charge is 0.399 e. The normalized spacial score (nSPS) is 21.8. The molecule has 1 spiro atoms. The number of rotatable bonds is 6. The molecule has 0 bridgehead atoms. The fourth-order valence-electron chi connectivity index (χ4n) is 6.68. The minimum atomic E-state index is -5.75. The summed E-state index contributed by atoms with van der Waals surface area (Å²) in [6, 6.07) is 3.04. The molecule has 3 aliphatic rings. The van der Waals surface area contributed by atoms with E-state index in [9.17, 15) is 27.7 Å². The molecule has 3 heterocycles. The van der Waals surface area contributed by atoms with Crippen molar-refractivity contribution in [2.75, 3.05) is 19.6 Å². The van der Waals surface area contributed by atoms with Crippen LogP contribution in [0.2, 0.25) is 0 Å². The Morgan fingerprint density at radius 3 is 2.40 bits per heavy atom. The number of halogens is 2. The molecule has 9 nitrogen and oxygen atoms in total. The number of likely N-dealkylation sites (tertiary alicyclic amines) is 2. The summed E-state index contributed by atoms with van der Waals surface area (Å²) in [5.74, 6) is -0.917. The van der Waals surface area contributed by atoms with Crippen LogP contribution in [0.15, 0.2) is 24.3 Å². The number of benzene rings is 1. The van der Waals surface area contributed by atoms with Crippen LogP contribution >= 0.6 is 18.9 Å². The lowest BCUT2D eigenvalue weighted by Crippen LogP contribution is -2.57. The average molecular weight is 626 g/mol. The van der Waals surface area contributed by atoms with E-state index in [0.29, 0.717) is 30.6 Å². The van der Waals surface area contributed by atoms with Crippen molar-refractivity contribution in [1.29, 1.82) is 0 Å². The standard InChI is InChI=1S/C29H38F2N3O6PS/c1-27(2,3)23(26(37)34-13-6-7-20(34)25(36)33-14-12-28(17-33)10-4-5-11-28)32-24(35)22-16-18-15-19(8-9-21(18)42-22)29(30,31)41(38,39)40/h8-9,15-16,20,23H,4-7,10-14,17H2,1-3H3,(H,32,35)(H2,38,39,40)/t20-,23+/m0/s1. The molecule has 2 aromatic rings. The summed E-state index contributed by atoms with van der Waals surface area (Å²) in [6.07, 6.45) is 6.97. The number of nitrogens with one attached hydrogen (secondary N) is 1. The fourth-order valence-corrected chi connectivity index (χ4v) is 8.10. The molecule has 1 saturated carbocycles.